The van der Waals surface area contributed by atoms with Gasteiger partial charge in [0.1, 0.15) is 0 Å². The maximum Gasteiger partial charge on any atom is 0.179 e. The Kier molecular flexibility index (Phi) is 8.75. The van der Waals surface area contributed by atoms with E-state index in [9.17, 15) is 0 Å². The molecule has 0 aliphatic rings. The summed E-state index contributed by atoms with van der Waals surface area (Å²) >= 11 is 1.77. The van der Waals surface area contributed by atoms with Gasteiger partial charge in [-0.2, -0.15) is 0 Å². The topological polar surface area (TPSA) is 25.8 Å². The van der Waals surface area contributed by atoms with Gasteiger partial charge in [-0.15, -0.1) is 11.3 Å². The molecule has 0 saturated heterocycles. The fourth-order valence-electron chi connectivity index (χ4n) is 8.23. The molecule has 264 valence electrons. The summed E-state index contributed by atoms with van der Waals surface area (Å²) in [5, 5.41) is 6.57. The van der Waals surface area contributed by atoms with E-state index in [1.54, 1.807) is 11.3 Å². The summed E-state index contributed by atoms with van der Waals surface area (Å²) in [6.45, 7) is 0. The number of aromatic nitrogens is 2. The third-order valence-electron chi connectivity index (χ3n) is 10.8. The zero-order valence-corrected chi connectivity index (χ0v) is 32.4. The third kappa shape index (κ3) is 5.97. The molecule has 0 aliphatic carbocycles. The second-order valence-corrected chi connectivity index (χ2v) is 19.0. The van der Waals surface area contributed by atoms with Gasteiger partial charge >= 0.3 is 0 Å². The highest BCUT2D eigenvalue weighted by Gasteiger charge is 2.41. The third-order valence-corrected chi connectivity index (χ3v) is 16.8. The van der Waals surface area contributed by atoms with Gasteiger partial charge in [-0.1, -0.05) is 200 Å². The van der Waals surface area contributed by atoms with Crippen LogP contribution in [0.2, 0.25) is 0 Å². The molecule has 0 aliphatic heterocycles. The molecule has 2 nitrogen and oxygen atoms in total. The van der Waals surface area contributed by atoms with Crippen molar-refractivity contribution < 1.29 is 0 Å². The van der Waals surface area contributed by atoms with Crippen LogP contribution in [0, 0.1) is 0 Å². The number of hydrogen-bond donors (Lipinski definition) is 0. The molecule has 2 heterocycles. The first-order chi connectivity index (χ1) is 27.8. The van der Waals surface area contributed by atoms with Gasteiger partial charge in [0.05, 0.1) is 15.9 Å². The van der Waals surface area contributed by atoms with Crippen LogP contribution >= 0.6 is 11.3 Å². The molecule has 0 bridgehead atoms. The maximum atomic E-state index is 5.39. The first-order valence-electron chi connectivity index (χ1n) is 19.0. The Hall–Kier alpha value is -6.72. The van der Waals surface area contributed by atoms with Gasteiger partial charge in [0.25, 0.3) is 0 Å². The van der Waals surface area contributed by atoms with E-state index in [1.165, 1.54) is 42.1 Å². The van der Waals surface area contributed by atoms with Crippen molar-refractivity contribution in [3.05, 3.63) is 218 Å². The van der Waals surface area contributed by atoms with Gasteiger partial charge in [-0.3, -0.25) is 0 Å². The molecule has 10 aromatic rings. The molecule has 0 saturated carbocycles. The predicted molar refractivity (Wildman–Crippen MR) is 240 cm³/mol. The number of benzene rings is 8. The molecular weight excluding hydrogens is 713 g/mol. The minimum Gasteiger partial charge on any atom is -0.226 e. The SMILES string of the molecule is c1ccc(-c2cccc(-c3nc(-c4cccc(-c5cccc([Si](c6ccccc6)(c6ccccc6)c6ccccc6)c5)c4)nc4c3sc3ccccc34)c2)cc1. The van der Waals surface area contributed by atoms with Gasteiger partial charge in [-0.05, 0) is 61.2 Å². The summed E-state index contributed by atoms with van der Waals surface area (Å²) < 4.78 is 2.32. The van der Waals surface area contributed by atoms with Crippen molar-refractivity contribution in [1.82, 2.24) is 9.97 Å². The molecule has 10 rings (SSSR count). The van der Waals surface area contributed by atoms with Gasteiger partial charge in [-0.25, -0.2) is 9.97 Å². The summed E-state index contributed by atoms with van der Waals surface area (Å²) in [6.07, 6.45) is 0. The number of rotatable bonds is 8. The smallest absolute Gasteiger partial charge is 0.179 e. The van der Waals surface area contributed by atoms with Crippen molar-refractivity contribution in [3.63, 3.8) is 0 Å². The van der Waals surface area contributed by atoms with E-state index in [2.05, 4.69) is 218 Å². The molecular formula is C52H36N2SSi. The standard InChI is InChI=1S/C52H36N2SSi/c1-5-18-37(19-6-1)38-20-15-23-41(34-38)49-51-50(47-32-13-14-33-48(47)55-51)54-52(53-49)42-24-16-21-39(35-42)40-22-17-31-46(36-40)56(43-25-7-2-8-26-43,44-27-9-3-10-28-44)45-29-11-4-12-30-45/h1-36H. The zero-order valence-electron chi connectivity index (χ0n) is 30.6. The second kappa shape index (κ2) is 14.5. The number of thiophene rings is 1. The van der Waals surface area contributed by atoms with Crippen molar-refractivity contribution in [2.24, 2.45) is 0 Å². The molecule has 8 aromatic carbocycles. The molecule has 0 unspecified atom stereocenters. The van der Waals surface area contributed by atoms with E-state index in [4.69, 9.17) is 9.97 Å². The maximum absolute atomic E-state index is 5.39. The highest BCUT2D eigenvalue weighted by Crippen LogP contribution is 2.40. The molecule has 0 atom stereocenters. The van der Waals surface area contributed by atoms with Gasteiger partial charge in [0.2, 0.25) is 0 Å². The lowest BCUT2D eigenvalue weighted by Crippen LogP contribution is -2.74. The fraction of sp³-hybridized carbons (Fsp3) is 0. The molecule has 0 N–H and O–H groups in total. The van der Waals surface area contributed by atoms with Crippen molar-refractivity contribution in [3.8, 4) is 44.9 Å². The van der Waals surface area contributed by atoms with Gasteiger partial charge in [0, 0.05) is 21.2 Å². The monoisotopic (exact) mass is 748 g/mol. The highest BCUT2D eigenvalue weighted by molar-refractivity contribution is 7.26. The summed E-state index contributed by atoms with van der Waals surface area (Å²) in [4.78, 5) is 10.7. The molecule has 0 amide bonds. The highest BCUT2D eigenvalue weighted by atomic mass is 32.1. The van der Waals surface area contributed by atoms with Crippen LogP contribution in [0.5, 0.6) is 0 Å². The minimum atomic E-state index is -2.69. The van der Waals surface area contributed by atoms with Crippen LogP contribution in [0.4, 0.5) is 0 Å². The Morgan fingerprint density at radius 1 is 0.339 bits per heavy atom. The van der Waals surface area contributed by atoms with Crippen LogP contribution in [0.15, 0.2) is 218 Å². The Morgan fingerprint density at radius 2 is 0.786 bits per heavy atom. The summed E-state index contributed by atoms with van der Waals surface area (Å²) in [7, 11) is -2.69. The molecule has 56 heavy (non-hydrogen) atoms. The lowest BCUT2D eigenvalue weighted by molar-refractivity contribution is 1.24. The first-order valence-corrected chi connectivity index (χ1v) is 21.8. The van der Waals surface area contributed by atoms with Crippen molar-refractivity contribution in [1.29, 1.82) is 0 Å². The van der Waals surface area contributed by atoms with E-state index < -0.39 is 8.07 Å². The Labute approximate surface area is 332 Å². The van der Waals surface area contributed by atoms with E-state index >= 15 is 0 Å². The lowest BCUT2D eigenvalue weighted by Gasteiger charge is -2.34. The zero-order chi connectivity index (χ0) is 37.3. The van der Waals surface area contributed by atoms with Crippen molar-refractivity contribution in [2.45, 2.75) is 0 Å². The van der Waals surface area contributed by atoms with Crippen molar-refractivity contribution in [2.75, 3.05) is 0 Å². The summed E-state index contributed by atoms with van der Waals surface area (Å²) in [5.41, 5.74) is 8.68. The van der Waals surface area contributed by atoms with Crippen LogP contribution in [0.1, 0.15) is 0 Å². The van der Waals surface area contributed by atoms with Crippen LogP contribution in [0.3, 0.4) is 0 Å². The van der Waals surface area contributed by atoms with Gasteiger partial charge < -0.3 is 0 Å². The molecule has 0 radical (unpaired) electrons. The van der Waals surface area contributed by atoms with E-state index in [0.29, 0.717) is 0 Å². The van der Waals surface area contributed by atoms with E-state index in [-0.39, 0.29) is 0 Å². The van der Waals surface area contributed by atoms with Crippen LogP contribution in [-0.2, 0) is 0 Å². The Balaban J connectivity index is 1.14. The van der Waals surface area contributed by atoms with Crippen molar-refractivity contribution >= 4 is 60.5 Å². The quantitative estimate of drug-likeness (QED) is 0.114. The number of nitrogens with zero attached hydrogens (tertiary/aromatic N) is 2. The molecule has 2 aromatic heterocycles. The van der Waals surface area contributed by atoms with E-state index in [0.717, 1.165) is 43.8 Å². The van der Waals surface area contributed by atoms with Crippen LogP contribution in [0.25, 0.3) is 65.2 Å². The first kappa shape index (κ1) is 33.8. The average Bonchev–Trinajstić information content (AvgIpc) is 3.67. The number of fused-ring (bicyclic) bond motifs is 3. The summed E-state index contributed by atoms with van der Waals surface area (Å²) in [6, 6.07) is 79.1. The van der Waals surface area contributed by atoms with Crippen LogP contribution in [-0.4, -0.2) is 18.0 Å². The molecule has 4 heteroatoms. The number of hydrogen-bond acceptors (Lipinski definition) is 3. The molecule has 0 fully saturated rings. The van der Waals surface area contributed by atoms with E-state index in [1.807, 2.05) is 0 Å². The Morgan fingerprint density at radius 3 is 1.43 bits per heavy atom. The Bertz CT molecular complexity index is 2870. The molecule has 0 spiro atoms. The average molecular weight is 749 g/mol. The van der Waals surface area contributed by atoms with Gasteiger partial charge in [0.15, 0.2) is 13.9 Å². The second-order valence-electron chi connectivity index (χ2n) is 14.1. The normalized spacial score (nSPS) is 11.6. The lowest BCUT2D eigenvalue weighted by atomic mass is 10.0. The fourth-order valence-corrected chi connectivity index (χ4v) is 14.2. The summed E-state index contributed by atoms with van der Waals surface area (Å²) in [5.74, 6) is 0.723. The van der Waals surface area contributed by atoms with Crippen LogP contribution < -0.4 is 20.7 Å². The minimum absolute atomic E-state index is 0.723. The largest absolute Gasteiger partial charge is 0.226 e. The predicted octanol–water partition coefficient (Wildman–Crippen LogP) is 10.9.